The number of hydrogen-bond acceptors (Lipinski definition) is 7. The van der Waals surface area contributed by atoms with Crippen LogP contribution in [-0.4, -0.2) is 66.0 Å². The summed E-state index contributed by atoms with van der Waals surface area (Å²) >= 11 is 0. The van der Waals surface area contributed by atoms with Crippen LogP contribution in [0.2, 0.25) is 0 Å². The molecule has 1 aliphatic rings. The standard InChI is InChI=1S/C17H23N5O4.C2H6O2/c1-2-26-14(23)7-9-20-17(25)21-13-8-10-22(16(13)24)12-5-3-11(4-6-12)15(18)19;1-2(3)4/h3-6,13H,2,7-10H2,1H3,(H3,18,19)(H2,20,21,25);2-4H,1H3/t13-;/m0./s1. The lowest BCUT2D eigenvalue weighted by Gasteiger charge is -2.17. The number of carbonyl (C=O) groups is 3. The summed E-state index contributed by atoms with van der Waals surface area (Å²) in [5.41, 5.74) is 6.68. The fourth-order valence-electron chi connectivity index (χ4n) is 2.61. The van der Waals surface area contributed by atoms with E-state index in [0.717, 1.165) is 0 Å². The van der Waals surface area contributed by atoms with Crippen LogP contribution in [-0.2, 0) is 14.3 Å². The van der Waals surface area contributed by atoms with E-state index in [1.54, 1.807) is 36.1 Å². The van der Waals surface area contributed by atoms with Gasteiger partial charge in [-0.15, -0.1) is 0 Å². The monoisotopic (exact) mass is 423 g/mol. The van der Waals surface area contributed by atoms with Crippen LogP contribution in [0.1, 0.15) is 32.3 Å². The number of nitrogens with two attached hydrogens (primary N) is 1. The van der Waals surface area contributed by atoms with E-state index in [-0.39, 0.29) is 30.7 Å². The van der Waals surface area contributed by atoms with E-state index in [1.165, 1.54) is 6.92 Å². The van der Waals surface area contributed by atoms with Gasteiger partial charge < -0.3 is 36.2 Å². The Kier molecular flexibility index (Phi) is 10.3. The van der Waals surface area contributed by atoms with Crippen LogP contribution >= 0.6 is 0 Å². The second kappa shape index (κ2) is 12.4. The van der Waals surface area contributed by atoms with Crippen molar-refractivity contribution in [2.45, 2.75) is 39.0 Å². The fraction of sp³-hybridized carbons (Fsp3) is 0.474. The van der Waals surface area contributed by atoms with Crippen molar-refractivity contribution >= 4 is 29.4 Å². The van der Waals surface area contributed by atoms with Crippen molar-refractivity contribution in [3.63, 3.8) is 0 Å². The summed E-state index contributed by atoms with van der Waals surface area (Å²) in [6.07, 6.45) is -0.604. The number of ether oxygens (including phenoxy) is 1. The molecule has 0 spiro atoms. The highest BCUT2D eigenvalue weighted by atomic mass is 16.5. The average Bonchev–Trinajstić information content (AvgIpc) is 3.02. The van der Waals surface area contributed by atoms with Crippen LogP contribution in [0.4, 0.5) is 10.5 Å². The lowest BCUT2D eigenvalue weighted by molar-refractivity contribution is -0.142. The van der Waals surface area contributed by atoms with E-state index < -0.39 is 18.4 Å². The molecule has 30 heavy (non-hydrogen) atoms. The molecule has 0 unspecified atom stereocenters. The predicted molar refractivity (Wildman–Crippen MR) is 110 cm³/mol. The van der Waals surface area contributed by atoms with Gasteiger partial charge in [0.1, 0.15) is 18.2 Å². The summed E-state index contributed by atoms with van der Waals surface area (Å²) in [6, 6.07) is 5.67. The summed E-state index contributed by atoms with van der Waals surface area (Å²) in [4.78, 5) is 37.1. The van der Waals surface area contributed by atoms with E-state index in [4.69, 9.17) is 26.1 Å². The molecular formula is C19H29N5O6. The predicted octanol–water partition coefficient (Wildman–Crippen LogP) is -0.355. The molecule has 1 aliphatic heterocycles. The first-order chi connectivity index (χ1) is 14.1. The Hall–Kier alpha value is -3.18. The summed E-state index contributed by atoms with van der Waals surface area (Å²) in [7, 11) is 0. The van der Waals surface area contributed by atoms with E-state index in [0.29, 0.717) is 30.8 Å². The SMILES string of the molecule is CC(O)O.CCOC(=O)CCNC(=O)N[C@H]1CCN(c2ccc(C(=N)N)cc2)C1=O. The number of aliphatic hydroxyl groups is 2. The first kappa shape index (κ1) is 24.9. The average molecular weight is 423 g/mol. The quantitative estimate of drug-likeness (QED) is 0.150. The lowest BCUT2D eigenvalue weighted by atomic mass is 10.2. The number of carbonyl (C=O) groups excluding carboxylic acids is 3. The number of urea groups is 1. The Labute approximate surface area is 174 Å². The Bertz CT molecular complexity index is 735. The lowest BCUT2D eigenvalue weighted by Crippen LogP contribution is -2.46. The smallest absolute Gasteiger partial charge is 0.315 e. The highest BCUT2D eigenvalue weighted by molar-refractivity contribution is 6.02. The highest BCUT2D eigenvalue weighted by Crippen LogP contribution is 2.22. The summed E-state index contributed by atoms with van der Waals surface area (Å²) in [5.74, 6) is -0.630. The number of esters is 1. The van der Waals surface area contributed by atoms with E-state index >= 15 is 0 Å². The van der Waals surface area contributed by atoms with Gasteiger partial charge in [0, 0.05) is 24.3 Å². The molecule has 1 aromatic carbocycles. The zero-order chi connectivity index (χ0) is 22.7. The van der Waals surface area contributed by atoms with Crippen molar-refractivity contribution in [1.82, 2.24) is 10.6 Å². The summed E-state index contributed by atoms with van der Waals surface area (Å²) < 4.78 is 4.77. The second-order valence-electron chi connectivity index (χ2n) is 6.38. The molecule has 0 bridgehead atoms. The number of nitrogen functional groups attached to an aromatic ring is 1. The van der Waals surface area contributed by atoms with E-state index in [1.807, 2.05) is 0 Å². The molecule has 166 valence electrons. The number of nitrogens with one attached hydrogen (secondary N) is 3. The first-order valence-corrected chi connectivity index (χ1v) is 9.47. The van der Waals surface area contributed by atoms with Crippen LogP contribution in [0.15, 0.2) is 24.3 Å². The molecule has 3 amide bonds. The Morgan fingerprint density at radius 1 is 1.33 bits per heavy atom. The number of benzene rings is 1. The van der Waals surface area contributed by atoms with Crippen LogP contribution in [0.25, 0.3) is 0 Å². The Balaban J connectivity index is 0.00000103. The van der Waals surface area contributed by atoms with Gasteiger partial charge in [-0.1, -0.05) is 0 Å². The third-order valence-electron chi connectivity index (χ3n) is 3.92. The summed E-state index contributed by atoms with van der Waals surface area (Å²) in [5, 5.41) is 27.8. The van der Waals surface area contributed by atoms with Gasteiger partial charge in [0.15, 0.2) is 0 Å². The zero-order valence-electron chi connectivity index (χ0n) is 17.1. The van der Waals surface area contributed by atoms with Crippen molar-refractivity contribution in [3.8, 4) is 0 Å². The topological polar surface area (TPSA) is 178 Å². The van der Waals surface area contributed by atoms with E-state index in [9.17, 15) is 14.4 Å². The number of aliphatic hydroxyl groups excluding tert-OH is 1. The zero-order valence-corrected chi connectivity index (χ0v) is 17.1. The first-order valence-electron chi connectivity index (χ1n) is 9.47. The molecule has 11 nitrogen and oxygen atoms in total. The van der Waals surface area contributed by atoms with Gasteiger partial charge in [0.2, 0.25) is 5.91 Å². The maximum absolute atomic E-state index is 12.5. The van der Waals surface area contributed by atoms with Gasteiger partial charge in [0.25, 0.3) is 0 Å². The van der Waals surface area contributed by atoms with Gasteiger partial charge in [0.05, 0.1) is 13.0 Å². The van der Waals surface area contributed by atoms with Crippen molar-refractivity contribution in [2.24, 2.45) is 5.73 Å². The highest BCUT2D eigenvalue weighted by Gasteiger charge is 2.33. The third kappa shape index (κ3) is 8.45. The maximum Gasteiger partial charge on any atom is 0.315 e. The van der Waals surface area contributed by atoms with Gasteiger partial charge in [-0.05, 0) is 44.5 Å². The molecule has 1 fully saturated rings. The fourth-order valence-corrected chi connectivity index (χ4v) is 2.61. The molecule has 0 aliphatic carbocycles. The number of anilines is 1. The van der Waals surface area contributed by atoms with Crippen LogP contribution < -0.4 is 21.3 Å². The molecule has 1 aromatic rings. The van der Waals surface area contributed by atoms with Crippen LogP contribution in [0.5, 0.6) is 0 Å². The van der Waals surface area contributed by atoms with E-state index in [2.05, 4.69) is 10.6 Å². The number of nitrogens with zero attached hydrogens (tertiary/aromatic N) is 1. The summed E-state index contributed by atoms with van der Waals surface area (Å²) in [6.45, 7) is 3.90. The number of amidine groups is 1. The van der Waals surface area contributed by atoms with Crippen LogP contribution in [0.3, 0.4) is 0 Å². The third-order valence-corrected chi connectivity index (χ3v) is 3.92. The van der Waals surface area contributed by atoms with Gasteiger partial charge in [-0.25, -0.2) is 4.79 Å². The van der Waals surface area contributed by atoms with Gasteiger partial charge in [-0.2, -0.15) is 0 Å². The molecular weight excluding hydrogens is 394 g/mol. The van der Waals surface area contributed by atoms with Crippen molar-refractivity contribution in [1.29, 1.82) is 5.41 Å². The molecule has 7 N–H and O–H groups in total. The van der Waals surface area contributed by atoms with Crippen molar-refractivity contribution in [2.75, 3.05) is 24.6 Å². The van der Waals surface area contributed by atoms with Gasteiger partial charge in [-0.3, -0.25) is 15.0 Å². The second-order valence-corrected chi connectivity index (χ2v) is 6.38. The Morgan fingerprint density at radius 3 is 2.47 bits per heavy atom. The normalized spacial score (nSPS) is 15.3. The molecule has 2 rings (SSSR count). The largest absolute Gasteiger partial charge is 0.466 e. The number of rotatable bonds is 7. The molecule has 0 radical (unpaired) electrons. The minimum Gasteiger partial charge on any atom is -0.466 e. The minimum atomic E-state index is -1.17. The molecule has 1 heterocycles. The molecule has 11 heteroatoms. The van der Waals surface area contributed by atoms with Crippen LogP contribution in [0, 0.1) is 5.41 Å². The number of hydrogen-bond donors (Lipinski definition) is 6. The molecule has 1 saturated heterocycles. The number of amides is 3. The van der Waals surface area contributed by atoms with Crippen molar-refractivity contribution < 1.29 is 29.3 Å². The minimum absolute atomic E-state index is 0.0386. The molecule has 1 atom stereocenters. The maximum atomic E-state index is 12.5. The Morgan fingerprint density at radius 2 is 1.93 bits per heavy atom. The molecule has 0 aromatic heterocycles. The van der Waals surface area contributed by atoms with Gasteiger partial charge >= 0.3 is 12.0 Å². The molecule has 0 saturated carbocycles. The van der Waals surface area contributed by atoms with Crippen molar-refractivity contribution in [3.05, 3.63) is 29.8 Å².